The Balaban J connectivity index is 1.95. The van der Waals surface area contributed by atoms with Gasteiger partial charge in [-0.2, -0.15) is 0 Å². The molecule has 1 aromatic carbocycles. The molecule has 1 aliphatic rings. The van der Waals surface area contributed by atoms with Crippen LogP contribution in [0.4, 0.5) is 4.39 Å². The van der Waals surface area contributed by atoms with Crippen molar-refractivity contribution in [3.63, 3.8) is 0 Å². The average Bonchev–Trinajstić information content (AvgIpc) is 2.88. The van der Waals surface area contributed by atoms with Crippen LogP contribution >= 0.6 is 0 Å². The van der Waals surface area contributed by atoms with Gasteiger partial charge in [0.25, 0.3) is 0 Å². The summed E-state index contributed by atoms with van der Waals surface area (Å²) in [5.74, 6) is 0.289. The molecule has 4 heteroatoms. The molecule has 2 atom stereocenters. The number of rotatable bonds is 6. The highest BCUT2D eigenvalue weighted by Crippen LogP contribution is 2.20. The molecule has 0 saturated carbocycles. The Morgan fingerprint density at radius 1 is 1.47 bits per heavy atom. The highest BCUT2D eigenvalue weighted by atomic mass is 19.1. The minimum absolute atomic E-state index is 0.0628. The second-order valence-electron chi connectivity index (χ2n) is 5.11. The van der Waals surface area contributed by atoms with Crippen LogP contribution in [0.25, 0.3) is 0 Å². The van der Waals surface area contributed by atoms with E-state index in [1.54, 1.807) is 0 Å². The maximum Gasteiger partial charge on any atom is 0.127 e. The van der Waals surface area contributed by atoms with E-state index in [2.05, 4.69) is 0 Å². The van der Waals surface area contributed by atoms with Crippen LogP contribution in [-0.4, -0.2) is 25.4 Å². The minimum atomic E-state index is -0.275. The van der Waals surface area contributed by atoms with Gasteiger partial charge in [0.2, 0.25) is 0 Å². The number of benzene rings is 1. The van der Waals surface area contributed by atoms with Gasteiger partial charge in [0.15, 0.2) is 0 Å². The second kappa shape index (κ2) is 6.87. The van der Waals surface area contributed by atoms with E-state index in [-0.39, 0.29) is 18.0 Å². The number of hydrogen-bond acceptors (Lipinski definition) is 3. The van der Waals surface area contributed by atoms with E-state index in [9.17, 15) is 4.39 Å². The van der Waals surface area contributed by atoms with Crippen molar-refractivity contribution in [2.75, 3.05) is 13.2 Å². The standard InChI is InChI=1S/C15H22FNO2/c1-2-13(17)7-11-6-12(16)9-15(8-11)19-10-14-4-3-5-18-14/h6,8-9,13-14H,2-5,7,10,17H2,1H3. The summed E-state index contributed by atoms with van der Waals surface area (Å²) in [4.78, 5) is 0. The largest absolute Gasteiger partial charge is 0.491 e. The van der Waals surface area contributed by atoms with Crippen molar-refractivity contribution in [1.29, 1.82) is 0 Å². The molecule has 0 aromatic heterocycles. The summed E-state index contributed by atoms with van der Waals surface area (Å²) in [7, 11) is 0. The Morgan fingerprint density at radius 3 is 3.00 bits per heavy atom. The SMILES string of the molecule is CCC(N)Cc1cc(F)cc(OCC2CCCO2)c1. The molecule has 1 heterocycles. The van der Waals surface area contributed by atoms with Gasteiger partial charge in [-0.1, -0.05) is 6.92 Å². The van der Waals surface area contributed by atoms with E-state index in [4.69, 9.17) is 15.2 Å². The van der Waals surface area contributed by atoms with E-state index in [0.717, 1.165) is 31.4 Å². The molecule has 0 amide bonds. The molecule has 0 spiro atoms. The fraction of sp³-hybridized carbons (Fsp3) is 0.600. The van der Waals surface area contributed by atoms with Crippen LogP contribution in [-0.2, 0) is 11.2 Å². The monoisotopic (exact) mass is 267 g/mol. The number of hydrogen-bond donors (Lipinski definition) is 1. The van der Waals surface area contributed by atoms with Crippen molar-refractivity contribution < 1.29 is 13.9 Å². The van der Waals surface area contributed by atoms with Gasteiger partial charge in [0, 0.05) is 18.7 Å². The first kappa shape index (κ1) is 14.3. The van der Waals surface area contributed by atoms with Crippen molar-refractivity contribution >= 4 is 0 Å². The van der Waals surface area contributed by atoms with E-state index in [0.29, 0.717) is 18.8 Å². The molecule has 0 aliphatic carbocycles. The van der Waals surface area contributed by atoms with Gasteiger partial charge in [-0.25, -0.2) is 4.39 Å². The molecule has 19 heavy (non-hydrogen) atoms. The summed E-state index contributed by atoms with van der Waals surface area (Å²) in [5, 5.41) is 0. The Hall–Kier alpha value is -1.13. The first-order valence-corrected chi connectivity index (χ1v) is 6.97. The van der Waals surface area contributed by atoms with Crippen LogP contribution in [0.15, 0.2) is 18.2 Å². The Labute approximate surface area is 113 Å². The molecule has 106 valence electrons. The van der Waals surface area contributed by atoms with Gasteiger partial charge in [-0.15, -0.1) is 0 Å². The number of nitrogens with two attached hydrogens (primary N) is 1. The van der Waals surface area contributed by atoms with E-state index in [1.807, 2.05) is 13.0 Å². The Morgan fingerprint density at radius 2 is 2.32 bits per heavy atom. The molecule has 1 saturated heterocycles. The topological polar surface area (TPSA) is 44.5 Å². The summed E-state index contributed by atoms with van der Waals surface area (Å²) >= 11 is 0. The van der Waals surface area contributed by atoms with Crippen LogP contribution in [0.3, 0.4) is 0 Å². The van der Waals surface area contributed by atoms with Crippen LogP contribution < -0.4 is 10.5 Å². The van der Waals surface area contributed by atoms with Crippen LogP contribution in [0, 0.1) is 5.82 Å². The molecular weight excluding hydrogens is 245 g/mol. The van der Waals surface area contributed by atoms with Crippen molar-refractivity contribution in [2.24, 2.45) is 5.73 Å². The quantitative estimate of drug-likeness (QED) is 0.861. The molecule has 0 radical (unpaired) electrons. The predicted molar refractivity (Wildman–Crippen MR) is 72.8 cm³/mol. The molecule has 2 unspecified atom stereocenters. The first-order valence-electron chi connectivity index (χ1n) is 6.97. The third-order valence-electron chi connectivity index (χ3n) is 3.41. The van der Waals surface area contributed by atoms with Crippen molar-refractivity contribution in [2.45, 2.75) is 44.8 Å². The molecule has 3 nitrogen and oxygen atoms in total. The highest BCUT2D eigenvalue weighted by molar-refractivity contribution is 5.30. The highest BCUT2D eigenvalue weighted by Gasteiger charge is 2.16. The lowest BCUT2D eigenvalue weighted by molar-refractivity contribution is 0.0678. The lowest BCUT2D eigenvalue weighted by atomic mass is 10.0. The molecule has 2 N–H and O–H groups in total. The summed E-state index contributed by atoms with van der Waals surface area (Å²) in [6.07, 6.45) is 3.79. The molecule has 2 rings (SSSR count). The van der Waals surface area contributed by atoms with Gasteiger partial charge in [-0.05, 0) is 43.4 Å². The zero-order valence-corrected chi connectivity index (χ0v) is 11.4. The van der Waals surface area contributed by atoms with Gasteiger partial charge >= 0.3 is 0 Å². The predicted octanol–water partition coefficient (Wildman–Crippen LogP) is 2.66. The van der Waals surface area contributed by atoms with Crippen LogP contribution in [0.1, 0.15) is 31.7 Å². The Kier molecular flexibility index (Phi) is 5.16. The van der Waals surface area contributed by atoms with Gasteiger partial charge in [0.05, 0.1) is 6.10 Å². The third-order valence-corrected chi connectivity index (χ3v) is 3.41. The van der Waals surface area contributed by atoms with Crippen molar-refractivity contribution in [1.82, 2.24) is 0 Å². The molecule has 1 aromatic rings. The van der Waals surface area contributed by atoms with Gasteiger partial charge in [-0.3, -0.25) is 0 Å². The lowest BCUT2D eigenvalue weighted by Crippen LogP contribution is -2.21. The summed E-state index contributed by atoms with van der Waals surface area (Å²) in [6.45, 7) is 3.31. The fourth-order valence-corrected chi connectivity index (χ4v) is 2.23. The Bertz CT molecular complexity index is 405. The maximum absolute atomic E-state index is 13.5. The van der Waals surface area contributed by atoms with Crippen LogP contribution in [0.5, 0.6) is 5.75 Å². The van der Waals surface area contributed by atoms with Crippen molar-refractivity contribution in [3.8, 4) is 5.75 Å². The fourth-order valence-electron chi connectivity index (χ4n) is 2.23. The minimum Gasteiger partial charge on any atom is -0.491 e. The van der Waals surface area contributed by atoms with E-state index >= 15 is 0 Å². The normalized spacial score (nSPS) is 20.5. The first-order chi connectivity index (χ1) is 9.17. The lowest BCUT2D eigenvalue weighted by Gasteiger charge is -2.14. The number of halogens is 1. The van der Waals surface area contributed by atoms with Crippen LogP contribution in [0.2, 0.25) is 0 Å². The number of ether oxygens (including phenoxy) is 2. The summed E-state index contributed by atoms with van der Waals surface area (Å²) < 4.78 is 24.6. The van der Waals surface area contributed by atoms with Crippen molar-refractivity contribution in [3.05, 3.63) is 29.6 Å². The smallest absolute Gasteiger partial charge is 0.127 e. The van der Waals surface area contributed by atoms with Gasteiger partial charge < -0.3 is 15.2 Å². The second-order valence-corrected chi connectivity index (χ2v) is 5.11. The summed E-state index contributed by atoms with van der Waals surface area (Å²) in [5.41, 5.74) is 6.78. The zero-order valence-electron chi connectivity index (χ0n) is 11.4. The zero-order chi connectivity index (χ0) is 13.7. The van der Waals surface area contributed by atoms with Gasteiger partial charge in [0.1, 0.15) is 18.2 Å². The third kappa shape index (κ3) is 4.48. The van der Waals surface area contributed by atoms with E-state index < -0.39 is 0 Å². The molecule has 1 fully saturated rings. The molecule has 1 aliphatic heterocycles. The summed E-state index contributed by atoms with van der Waals surface area (Å²) in [6, 6.07) is 4.87. The molecule has 0 bridgehead atoms. The average molecular weight is 267 g/mol. The molecular formula is C15H22FNO2. The maximum atomic E-state index is 13.5. The van der Waals surface area contributed by atoms with E-state index in [1.165, 1.54) is 12.1 Å².